The van der Waals surface area contributed by atoms with Gasteiger partial charge in [0.15, 0.2) is 0 Å². The summed E-state index contributed by atoms with van der Waals surface area (Å²) in [6.45, 7) is 6.63. The summed E-state index contributed by atoms with van der Waals surface area (Å²) in [5.74, 6) is 0. The first-order valence-electron chi connectivity index (χ1n) is 12.2. The van der Waals surface area contributed by atoms with E-state index in [1.54, 1.807) is 0 Å². The molecule has 0 unspecified atom stereocenters. The van der Waals surface area contributed by atoms with Crippen LogP contribution in [0.25, 0.3) is 0 Å². The minimum Gasteiger partial charge on any atom is -0.379 e. The third kappa shape index (κ3) is 26.4. The molecule has 0 aliphatic heterocycles. The van der Waals surface area contributed by atoms with Gasteiger partial charge < -0.3 is 14.2 Å². The van der Waals surface area contributed by atoms with Gasteiger partial charge >= 0.3 is 0 Å². The molecule has 0 radical (unpaired) electrons. The minimum atomic E-state index is 0.662. The summed E-state index contributed by atoms with van der Waals surface area (Å²) >= 11 is 3.33. The number of ether oxygens (including phenoxy) is 3. The molecule has 28 heavy (non-hydrogen) atoms. The predicted molar refractivity (Wildman–Crippen MR) is 126 cm³/mol. The highest BCUT2D eigenvalue weighted by molar-refractivity contribution is 9.09. The van der Waals surface area contributed by atoms with Gasteiger partial charge in [-0.1, -0.05) is 119 Å². The van der Waals surface area contributed by atoms with Gasteiger partial charge in [-0.2, -0.15) is 0 Å². The lowest BCUT2D eigenvalue weighted by Crippen LogP contribution is -2.10. The van der Waals surface area contributed by atoms with Gasteiger partial charge in [0, 0.05) is 11.9 Å². The fourth-order valence-electron chi connectivity index (χ4n) is 3.35. The van der Waals surface area contributed by atoms with Crippen molar-refractivity contribution in [3.05, 3.63) is 0 Å². The maximum absolute atomic E-state index is 5.61. The fraction of sp³-hybridized carbons (Fsp3) is 1.00. The molecule has 0 rings (SSSR count). The molecule has 3 nitrogen and oxygen atoms in total. The third-order valence-electron chi connectivity index (χ3n) is 5.11. The van der Waals surface area contributed by atoms with E-state index in [1.165, 1.54) is 103 Å². The van der Waals surface area contributed by atoms with Crippen LogP contribution in [0.1, 0.15) is 110 Å². The predicted octanol–water partition coefficient (Wildman–Crippen LogP) is 7.69. The van der Waals surface area contributed by atoms with Gasteiger partial charge in [-0.05, 0) is 6.42 Å². The summed E-state index contributed by atoms with van der Waals surface area (Å²) in [6.07, 6.45) is 22.5. The van der Waals surface area contributed by atoms with Crippen molar-refractivity contribution in [3.8, 4) is 0 Å². The van der Waals surface area contributed by atoms with E-state index in [9.17, 15) is 0 Å². The molecular formula is C24H49BrO3. The van der Waals surface area contributed by atoms with Gasteiger partial charge in [-0.15, -0.1) is 0 Å². The maximum Gasteiger partial charge on any atom is 0.0701 e. The Hall–Kier alpha value is 0.360. The van der Waals surface area contributed by atoms with Crippen LogP contribution in [0.5, 0.6) is 0 Å². The molecule has 4 heteroatoms. The van der Waals surface area contributed by atoms with E-state index >= 15 is 0 Å². The molecule has 0 bridgehead atoms. The average Bonchev–Trinajstić information content (AvgIpc) is 2.71. The van der Waals surface area contributed by atoms with E-state index in [4.69, 9.17) is 14.2 Å². The van der Waals surface area contributed by atoms with Crippen molar-refractivity contribution in [3.63, 3.8) is 0 Å². The monoisotopic (exact) mass is 464 g/mol. The lowest BCUT2D eigenvalue weighted by molar-refractivity contribution is 0.0168. The molecule has 0 amide bonds. The van der Waals surface area contributed by atoms with Crippen LogP contribution in [0.15, 0.2) is 0 Å². The number of halogens is 1. The van der Waals surface area contributed by atoms with Gasteiger partial charge in [0.25, 0.3) is 0 Å². The van der Waals surface area contributed by atoms with Crippen molar-refractivity contribution in [1.29, 1.82) is 0 Å². The highest BCUT2D eigenvalue weighted by Gasteiger charge is 1.95. The number of rotatable bonds is 25. The second-order valence-electron chi connectivity index (χ2n) is 7.83. The Morgan fingerprint density at radius 2 is 0.714 bits per heavy atom. The van der Waals surface area contributed by atoms with Gasteiger partial charge in [-0.25, -0.2) is 0 Å². The molecule has 0 aromatic carbocycles. The number of alkyl halides is 1. The zero-order valence-electron chi connectivity index (χ0n) is 18.9. The summed E-state index contributed by atoms with van der Waals surface area (Å²) in [6, 6.07) is 0. The first kappa shape index (κ1) is 28.4. The van der Waals surface area contributed by atoms with Crippen molar-refractivity contribution in [2.45, 2.75) is 110 Å². The van der Waals surface area contributed by atoms with Gasteiger partial charge in [0.1, 0.15) is 0 Å². The number of hydrogen-bond acceptors (Lipinski definition) is 3. The molecule has 0 aliphatic rings. The lowest BCUT2D eigenvalue weighted by Gasteiger charge is -2.06. The molecule has 0 heterocycles. The number of unbranched alkanes of at least 4 members (excludes halogenated alkanes) is 15. The summed E-state index contributed by atoms with van der Waals surface area (Å²) in [7, 11) is 0. The van der Waals surface area contributed by atoms with Crippen molar-refractivity contribution >= 4 is 15.9 Å². The van der Waals surface area contributed by atoms with Crippen LogP contribution in [0, 0.1) is 0 Å². The van der Waals surface area contributed by atoms with E-state index in [0.29, 0.717) is 26.4 Å². The Bertz CT molecular complexity index is 238. The SMILES string of the molecule is CCCCCCCCCCCCCCCCCCOCCOCCOCCBr. The Morgan fingerprint density at radius 1 is 0.393 bits per heavy atom. The number of hydrogen-bond donors (Lipinski definition) is 0. The summed E-state index contributed by atoms with van der Waals surface area (Å²) < 4.78 is 16.4. The Kier molecular flexibility index (Phi) is 27.7. The van der Waals surface area contributed by atoms with Crippen molar-refractivity contribution in [2.24, 2.45) is 0 Å². The molecule has 0 fully saturated rings. The zero-order valence-corrected chi connectivity index (χ0v) is 20.5. The standard InChI is InChI=1S/C24H49BrO3/c1-2-3-4-5-6-7-8-9-10-11-12-13-14-15-16-17-19-26-21-23-28-24-22-27-20-18-25/h2-24H2,1H3. The average molecular weight is 466 g/mol. The molecule has 0 spiro atoms. The largest absolute Gasteiger partial charge is 0.379 e. The van der Waals surface area contributed by atoms with E-state index in [1.807, 2.05) is 0 Å². The summed E-state index contributed by atoms with van der Waals surface area (Å²) in [4.78, 5) is 0. The first-order valence-corrected chi connectivity index (χ1v) is 13.3. The van der Waals surface area contributed by atoms with Crippen molar-refractivity contribution in [2.75, 3.05) is 45.0 Å². The van der Waals surface area contributed by atoms with Crippen LogP contribution in [-0.2, 0) is 14.2 Å². The van der Waals surface area contributed by atoms with Crippen LogP contribution in [0.3, 0.4) is 0 Å². The van der Waals surface area contributed by atoms with Crippen LogP contribution >= 0.6 is 15.9 Å². The fourth-order valence-corrected chi connectivity index (χ4v) is 3.58. The third-order valence-corrected chi connectivity index (χ3v) is 5.43. The highest BCUT2D eigenvalue weighted by Crippen LogP contribution is 2.13. The Balaban J connectivity index is 2.96. The molecule has 0 atom stereocenters. The lowest BCUT2D eigenvalue weighted by atomic mass is 10.0. The smallest absolute Gasteiger partial charge is 0.0701 e. The summed E-state index contributed by atoms with van der Waals surface area (Å²) in [5, 5.41) is 0.884. The van der Waals surface area contributed by atoms with Crippen LogP contribution in [0.2, 0.25) is 0 Å². The molecular weight excluding hydrogens is 416 g/mol. The quantitative estimate of drug-likeness (QED) is 0.102. The van der Waals surface area contributed by atoms with E-state index in [2.05, 4.69) is 22.9 Å². The molecule has 0 saturated carbocycles. The molecule has 0 saturated heterocycles. The van der Waals surface area contributed by atoms with Crippen LogP contribution < -0.4 is 0 Å². The minimum absolute atomic E-state index is 0.662. The Morgan fingerprint density at radius 3 is 1.11 bits per heavy atom. The van der Waals surface area contributed by atoms with Crippen molar-refractivity contribution in [1.82, 2.24) is 0 Å². The molecule has 0 N–H and O–H groups in total. The molecule has 0 aromatic rings. The summed E-state index contributed by atoms with van der Waals surface area (Å²) in [5.41, 5.74) is 0. The molecule has 0 aromatic heterocycles. The van der Waals surface area contributed by atoms with Gasteiger partial charge in [0.2, 0.25) is 0 Å². The second-order valence-corrected chi connectivity index (χ2v) is 8.62. The van der Waals surface area contributed by atoms with Crippen LogP contribution in [0.4, 0.5) is 0 Å². The normalized spacial score (nSPS) is 11.4. The Labute approximate surface area is 184 Å². The van der Waals surface area contributed by atoms with E-state index < -0.39 is 0 Å². The highest BCUT2D eigenvalue weighted by atomic mass is 79.9. The maximum atomic E-state index is 5.61. The topological polar surface area (TPSA) is 27.7 Å². The van der Waals surface area contributed by atoms with E-state index in [-0.39, 0.29) is 0 Å². The van der Waals surface area contributed by atoms with E-state index in [0.717, 1.165) is 18.5 Å². The van der Waals surface area contributed by atoms with Crippen molar-refractivity contribution < 1.29 is 14.2 Å². The van der Waals surface area contributed by atoms with Gasteiger partial charge in [-0.3, -0.25) is 0 Å². The molecule has 170 valence electrons. The zero-order chi connectivity index (χ0) is 20.4. The molecule has 0 aliphatic carbocycles. The second kappa shape index (κ2) is 27.4. The van der Waals surface area contributed by atoms with Gasteiger partial charge in [0.05, 0.1) is 33.0 Å². The first-order chi connectivity index (χ1) is 13.9. The van der Waals surface area contributed by atoms with Crippen LogP contribution in [-0.4, -0.2) is 45.0 Å².